The number of halogens is 1. The molecule has 2 aromatic heterocycles. The predicted octanol–water partition coefficient (Wildman–Crippen LogP) is 4.27. The number of benzene rings is 1. The Bertz CT molecular complexity index is 1030. The van der Waals surface area contributed by atoms with Crippen molar-refractivity contribution in [3.8, 4) is 11.3 Å². The lowest BCUT2D eigenvalue weighted by Crippen LogP contribution is -2.26. The minimum absolute atomic E-state index is 0.0355. The Morgan fingerprint density at radius 1 is 1.14 bits per heavy atom. The van der Waals surface area contributed by atoms with Gasteiger partial charge in [0.2, 0.25) is 5.95 Å². The zero-order valence-corrected chi connectivity index (χ0v) is 17.1. The molecule has 7 heteroatoms. The number of nitrogens with zero attached hydrogens (tertiary/aromatic N) is 3. The molecule has 0 radical (unpaired) electrons. The van der Waals surface area contributed by atoms with Gasteiger partial charge < -0.3 is 10.4 Å². The molecule has 0 aliphatic carbocycles. The fourth-order valence-corrected chi connectivity index (χ4v) is 3.56. The third-order valence-electron chi connectivity index (χ3n) is 4.87. The third-order valence-corrected chi connectivity index (χ3v) is 5.20. The number of aliphatic hydroxyl groups is 1. The summed E-state index contributed by atoms with van der Waals surface area (Å²) in [5.41, 5.74) is 1.90. The first-order valence-electron chi connectivity index (χ1n) is 9.55. The molecule has 0 spiro atoms. The van der Waals surface area contributed by atoms with Gasteiger partial charge in [0.05, 0.1) is 12.3 Å². The normalized spacial score (nSPS) is 12.5. The molecule has 0 aliphatic heterocycles. The second-order valence-electron chi connectivity index (χ2n) is 6.85. The molecule has 0 fully saturated rings. The molecule has 0 saturated heterocycles. The number of aliphatic hydroxyl groups excluding tert-OH is 1. The van der Waals surface area contributed by atoms with Gasteiger partial charge in [0.15, 0.2) is 0 Å². The first kappa shape index (κ1) is 20.3. The van der Waals surface area contributed by atoms with Crippen molar-refractivity contribution >= 4 is 28.6 Å². The maximum atomic E-state index is 12.7. The average Bonchev–Trinajstić information content (AvgIpc) is 2.70. The number of anilines is 1. The number of nitrogens with one attached hydrogen (secondary N) is 1. The van der Waals surface area contributed by atoms with Crippen molar-refractivity contribution in [2.24, 2.45) is 0 Å². The molecule has 3 rings (SSSR count). The van der Waals surface area contributed by atoms with Crippen molar-refractivity contribution in [1.29, 1.82) is 0 Å². The summed E-state index contributed by atoms with van der Waals surface area (Å²) in [6.07, 6.45) is 1.63. The molecular weight excluding hydrogens is 376 g/mol. The number of rotatable bonds is 7. The zero-order chi connectivity index (χ0) is 20.3. The SMILES string of the molecule is CCC(CC)n1c(=O)ccc2c(-c3ccccc3Cl)nc(N[C@H](C)CO)nc21. The molecule has 0 saturated carbocycles. The lowest BCUT2D eigenvalue weighted by Gasteiger charge is -2.20. The van der Waals surface area contributed by atoms with E-state index < -0.39 is 0 Å². The van der Waals surface area contributed by atoms with Crippen molar-refractivity contribution < 1.29 is 5.11 Å². The van der Waals surface area contributed by atoms with Crippen LogP contribution in [0.4, 0.5) is 5.95 Å². The van der Waals surface area contributed by atoms with E-state index in [1.165, 1.54) is 0 Å². The van der Waals surface area contributed by atoms with Crippen LogP contribution in [0.1, 0.15) is 39.7 Å². The van der Waals surface area contributed by atoms with E-state index in [1.807, 2.05) is 31.2 Å². The summed E-state index contributed by atoms with van der Waals surface area (Å²) in [6.45, 7) is 5.89. The van der Waals surface area contributed by atoms with Gasteiger partial charge in [0.1, 0.15) is 5.65 Å². The third kappa shape index (κ3) is 3.88. The Kier molecular flexibility index (Phi) is 6.31. The molecule has 0 unspecified atom stereocenters. The number of pyridine rings is 1. The summed E-state index contributed by atoms with van der Waals surface area (Å²) in [4.78, 5) is 22.0. The molecule has 28 heavy (non-hydrogen) atoms. The van der Waals surface area contributed by atoms with E-state index in [0.29, 0.717) is 22.3 Å². The fourth-order valence-electron chi connectivity index (χ4n) is 3.33. The largest absolute Gasteiger partial charge is 0.394 e. The maximum absolute atomic E-state index is 12.7. The van der Waals surface area contributed by atoms with Crippen LogP contribution in [0.15, 0.2) is 41.2 Å². The molecule has 0 amide bonds. The number of hydrogen-bond acceptors (Lipinski definition) is 5. The van der Waals surface area contributed by atoms with Crippen LogP contribution >= 0.6 is 11.6 Å². The van der Waals surface area contributed by atoms with E-state index in [9.17, 15) is 9.90 Å². The average molecular weight is 401 g/mol. The summed E-state index contributed by atoms with van der Waals surface area (Å²) in [6, 6.07) is 10.6. The second-order valence-corrected chi connectivity index (χ2v) is 7.26. The Balaban J connectivity index is 2.37. The van der Waals surface area contributed by atoms with Crippen LogP contribution < -0.4 is 10.9 Å². The minimum Gasteiger partial charge on any atom is -0.394 e. The molecule has 6 nitrogen and oxygen atoms in total. The number of fused-ring (bicyclic) bond motifs is 1. The standard InChI is InChI=1S/C21H25ClN4O2/c1-4-14(5-2)26-18(28)11-10-16-19(15-8-6-7-9-17(15)22)24-21(25-20(16)26)23-13(3)12-27/h6-11,13-14,27H,4-5,12H2,1-3H3,(H,23,24,25)/t13-/m1/s1. The smallest absolute Gasteiger partial charge is 0.252 e. The van der Waals surface area contributed by atoms with Crippen molar-refractivity contribution in [2.45, 2.75) is 45.7 Å². The molecule has 2 heterocycles. The van der Waals surface area contributed by atoms with Crippen LogP contribution in [0.5, 0.6) is 0 Å². The van der Waals surface area contributed by atoms with Crippen LogP contribution in [0.25, 0.3) is 22.3 Å². The lowest BCUT2D eigenvalue weighted by atomic mass is 10.1. The predicted molar refractivity (Wildman–Crippen MR) is 114 cm³/mol. The highest BCUT2D eigenvalue weighted by atomic mass is 35.5. The topological polar surface area (TPSA) is 80.0 Å². The van der Waals surface area contributed by atoms with Gasteiger partial charge in [0, 0.05) is 34.1 Å². The summed E-state index contributed by atoms with van der Waals surface area (Å²) < 4.78 is 1.74. The van der Waals surface area contributed by atoms with Crippen LogP contribution in [-0.4, -0.2) is 32.3 Å². The Labute approximate surface area is 169 Å². The first-order chi connectivity index (χ1) is 13.5. The quantitative estimate of drug-likeness (QED) is 0.619. The van der Waals surface area contributed by atoms with Gasteiger partial charge in [-0.3, -0.25) is 9.36 Å². The van der Waals surface area contributed by atoms with Crippen LogP contribution in [0.3, 0.4) is 0 Å². The summed E-state index contributed by atoms with van der Waals surface area (Å²) in [5.74, 6) is 0.356. The van der Waals surface area contributed by atoms with E-state index in [1.54, 1.807) is 16.7 Å². The molecule has 148 valence electrons. The minimum atomic E-state index is -0.228. The molecule has 1 aromatic carbocycles. The maximum Gasteiger partial charge on any atom is 0.252 e. The second kappa shape index (κ2) is 8.71. The van der Waals surface area contributed by atoms with Gasteiger partial charge in [-0.25, -0.2) is 4.98 Å². The highest BCUT2D eigenvalue weighted by molar-refractivity contribution is 6.33. The Morgan fingerprint density at radius 3 is 2.50 bits per heavy atom. The molecule has 0 bridgehead atoms. The van der Waals surface area contributed by atoms with Crippen molar-refractivity contribution in [2.75, 3.05) is 11.9 Å². The van der Waals surface area contributed by atoms with Gasteiger partial charge in [-0.05, 0) is 31.9 Å². The highest BCUT2D eigenvalue weighted by Crippen LogP contribution is 2.33. The van der Waals surface area contributed by atoms with Crippen LogP contribution in [0.2, 0.25) is 5.02 Å². The summed E-state index contributed by atoms with van der Waals surface area (Å²) in [5, 5.41) is 13.9. The molecule has 1 atom stereocenters. The molecule has 3 aromatic rings. The van der Waals surface area contributed by atoms with Gasteiger partial charge in [-0.2, -0.15) is 4.98 Å². The van der Waals surface area contributed by atoms with Gasteiger partial charge >= 0.3 is 0 Å². The Hall–Kier alpha value is -2.44. The number of hydrogen-bond donors (Lipinski definition) is 2. The highest BCUT2D eigenvalue weighted by Gasteiger charge is 2.19. The van der Waals surface area contributed by atoms with E-state index in [0.717, 1.165) is 23.8 Å². The Morgan fingerprint density at radius 2 is 1.86 bits per heavy atom. The van der Waals surface area contributed by atoms with Crippen molar-refractivity contribution in [3.63, 3.8) is 0 Å². The van der Waals surface area contributed by atoms with Gasteiger partial charge in [0.25, 0.3) is 5.56 Å². The van der Waals surface area contributed by atoms with Crippen molar-refractivity contribution in [1.82, 2.24) is 14.5 Å². The fraction of sp³-hybridized carbons (Fsp3) is 0.381. The zero-order valence-electron chi connectivity index (χ0n) is 16.3. The first-order valence-corrected chi connectivity index (χ1v) is 9.93. The van der Waals surface area contributed by atoms with Gasteiger partial charge in [-0.1, -0.05) is 43.6 Å². The van der Waals surface area contributed by atoms with Crippen LogP contribution in [0, 0.1) is 0 Å². The monoisotopic (exact) mass is 400 g/mol. The summed E-state index contributed by atoms with van der Waals surface area (Å²) >= 11 is 6.44. The van der Waals surface area contributed by atoms with E-state index in [2.05, 4.69) is 29.1 Å². The number of aromatic nitrogens is 3. The summed E-state index contributed by atoms with van der Waals surface area (Å²) in [7, 11) is 0. The van der Waals surface area contributed by atoms with E-state index >= 15 is 0 Å². The van der Waals surface area contributed by atoms with Crippen LogP contribution in [-0.2, 0) is 0 Å². The van der Waals surface area contributed by atoms with E-state index in [-0.39, 0.29) is 24.2 Å². The molecule has 2 N–H and O–H groups in total. The molecule has 0 aliphatic rings. The van der Waals surface area contributed by atoms with Crippen molar-refractivity contribution in [3.05, 3.63) is 51.8 Å². The lowest BCUT2D eigenvalue weighted by molar-refractivity contribution is 0.281. The van der Waals surface area contributed by atoms with Gasteiger partial charge in [-0.15, -0.1) is 0 Å². The molecular formula is C21H25ClN4O2. The van der Waals surface area contributed by atoms with E-state index in [4.69, 9.17) is 11.6 Å².